The summed E-state index contributed by atoms with van der Waals surface area (Å²) in [6, 6.07) is 4.76. The summed E-state index contributed by atoms with van der Waals surface area (Å²) in [5, 5.41) is 0.495. The van der Waals surface area contributed by atoms with E-state index in [2.05, 4.69) is 0 Å². The van der Waals surface area contributed by atoms with E-state index >= 15 is 0 Å². The molecule has 0 fully saturated rings. The molecule has 0 aliphatic rings. The predicted molar refractivity (Wildman–Crippen MR) is 46.5 cm³/mol. The van der Waals surface area contributed by atoms with Gasteiger partial charge in [0.1, 0.15) is 0 Å². The van der Waals surface area contributed by atoms with E-state index in [4.69, 9.17) is 11.6 Å². The van der Waals surface area contributed by atoms with Gasteiger partial charge in [0, 0.05) is 10.6 Å². The standard InChI is InChI=1S/C9H8ClFO/c1-6-2-3-7(4-8(6)10)9(12)5-11/h2-4H,5H2,1H3. The van der Waals surface area contributed by atoms with Crippen molar-refractivity contribution in [2.45, 2.75) is 6.92 Å². The van der Waals surface area contributed by atoms with Gasteiger partial charge in [0.05, 0.1) is 0 Å². The Morgan fingerprint density at radius 2 is 2.25 bits per heavy atom. The first kappa shape index (κ1) is 9.20. The molecule has 64 valence electrons. The molecule has 0 aliphatic carbocycles. The van der Waals surface area contributed by atoms with Crippen LogP contribution in [-0.4, -0.2) is 12.5 Å². The molecule has 0 aliphatic heterocycles. The van der Waals surface area contributed by atoms with E-state index in [-0.39, 0.29) is 0 Å². The third-order valence-corrected chi connectivity index (χ3v) is 2.02. The van der Waals surface area contributed by atoms with Gasteiger partial charge in [-0.3, -0.25) is 4.79 Å². The lowest BCUT2D eigenvalue weighted by Crippen LogP contribution is -2.00. The molecular weight excluding hydrogens is 179 g/mol. The van der Waals surface area contributed by atoms with E-state index in [1.807, 2.05) is 6.92 Å². The molecule has 3 heteroatoms. The normalized spacial score (nSPS) is 9.92. The summed E-state index contributed by atoms with van der Waals surface area (Å²) in [5.74, 6) is -0.531. The fourth-order valence-corrected chi connectivity index (χ4v) is 1.02. The summed E-state index contributed by atoms with van der Waals surface area (Å²) >= 11 is 5.74. The Kier molecular flexibility index (Phi) is 2.82. The van der Waals surface area contributed by atoms with Crippen molar-refractivity contribution in [1.82, 2.24) is 0 Å². The fraction of sp³-hybridized carbons (Fsp3) is 0.222. The molecule has 1 rings (SSSR count). The molecule has 0 aromatic heterocycles. The van der Waals surface area contributed by atoms with Crippen molar-refractivity contribution in [2.24, 2.45) is 0 Å². The van der Waals surface area contributed by atoms with Crippen LogP contribution < -0.4 is 0 Å². The van der Waals surface area contributed by atoms with Crippen molar-refractivity contribution in [3.63, 3.8) is 0 Å². The molecule has 0 amide bonds. The number of halogens is 2. The second-order valence-corrected chi connectivity index (χ2v) is 2.93. The Balaban J connectivity index is 3.05. The van der Waals surface area contributed by atoms with Gasteiger partial charge < -0.3 is 0 Å². The van der Waals surface area contributed by atoms with E-state index in [1.54, 1.807) is 12.1 Å². The number of benzene rings is 1. The molecule has 0 N–H and O–H groups in total. The van der Waals surface area contributed by atoms with Crippen LogP contribution in [-0.2, 0) is 0 Å². The lowest BCUT2D eigenvalue weighted by atomic mass is 10.1. The minimum Gasteiger partial charge on any atom is -0.291 e. The lowest BCUT2D eigenvalue weighted by Gasteiger charge is -1.99. The summed E-state index contributed by atoms with van der Waals surface area (Å²) in [6.45, 7) is 0.853. The zero-order valence-electron chi connectivity index (χ0n) is 6.60. The summed E-state index contributed by atoms with van der Waals surface area (Å²) in [5.41, 5.74) is 1.21. The molecule has 0 unspecified atom stereocenters. The average molecular weight is 187 g/mol. The number of hydrogen-bond acceptors (Lipinski definition) is 1. The zero-order valence-corrected chi connectivity index (χ0v) is 7.36. The van der Waals surface area contributed by atoms with Gasteiger partial charge in [-0.15, -0.1) is 0 Å². The van der Waals surface area contributed by atoms with Crippen molar-refractivity contribution in [3.8, 4) is 0 Å². The molecule has 1 aromatic rings. The molecule has 0 atom stereocenters. The number of rotatable bonds is 2. The fourth-order valence-electron chi connectivity index (χ4n) is 0.843. The summed E-state index contributed by atoms with van der Waals surface area (Å²) < 4.78 is 11.9. The Labute approximate surface area is 75.2 Å². The van der Waals surface area contributed by atoms with Crippen molar-refractivity contribution < 1.29 is 9.18 Å². The molecule has 12 heavy (non-hydrogen) atoms. The summed E-state index contributed by atoms with van der Waals surface area (Å²) in [6.07, 6.45) is 0. The second-order valence-electron chi connectivity index (χ2n) is 2.52. The first-order valence-corrected chi connectivity index (χ1v) is 3.88. The topological polar surface area (TPSA) is 17.1 Å². The first-order valence-electron chi connectivity index (χ1n) is 3.50. The maximum absolute atomic E-state index is 11.9. The molecule has 0 bridgehead atoms. The number of ketones is 1. The quantitative estimate of drug-likeness (QED) is 0.650. The van der Waals surface area contributed by atoms with Crippen LogP contribution in [0.2, 0.25) is 5.02 Å². The van der Waals surface area contributed by atoms with Gasteiger partial charge >= 0.3 is 0 Å². The monoisotopic (exact) mass is 186 g/mol. The highest BCUT2D eigenvalue weighted by atomic mass is 35.5. The predicted octanol–water partition coefficient (Wildman–Crippen LogP) is 2.80. The average Bonchev–Trinajstić information content (AvgIpc) is 2.08. The minimum atomic E-state index is -0.973. The molecular formula is C9H8ClFO. The van der Waals surface area contributed by atoms with E-state index in [0.29, 0.717) is 10.6 Å². The molecule has 1 nitrogen and oxygen atoms in total. The van der Waals surface area contributed by atoms with E-state index < -0.39 is 12.5 Å². The van der Waals surface area contributed by atoms with Gasteiger partial charge in [-0.05, 0) is 18.6 Å². The van der Waals surface area contributed by atoms with E-state index in [1.165, 1.54) is 6.07 Å². The van der Waals surface area contributed by atoms with Gasteiger partial charge in [0.2, 0.25) is 0 Å². The van der Waals surface area contributed by atoms with Gasteiger partial charge in [0.15, 0.2) is 12.5 Å². The van der Waals surface area contributed by atoms with Gasteiger partial charge in [-0.25, -0.2) is 4.39 Å². The highest BCUT2D eigenvalue weighted by molar-refractivity contribution is 6.31. The third-order valence-electron chi connectivity index (χ3n) is 1.62. The Bertz CT molecular complexity index is 309. The smallest absolute Gasteiger partial charge is 0.193 e. The number of alkyl halides is 1. The number of hydrogen-bond donors (Lipinski definition) is 0. The second kappa shape index (κ2) is 3.68. The van der Waals surface area contributed by atoms with Crippen LogP contribution >= 0.6 is 11.6 Å². The summed E-state index contributed by atoms with van der Waals surface area (Å²) in [7, 11) is 0. The van der Waals surface area contributed by atoms with Crippen LogP contribution in [0.1, 0.15) is 15.9 Å². The largest absolute Gasteiger partial charge is 0.291 e. The zero-order chi connectivity index (χ0) is 9.14. The van der Waals surface area contributed by atoms with Crippen LogP contribution in [0.15, 0.2) is 18.2 Å². The van der Waals surface area contributed by atoms with Gasteiger partial charge in [0.25, 0.3) is 0 Å². The molecule has 0 heterocycles. The Morgan fingerprint density at radius 1 is 1.58 bits per heavy atom. The number of Topliss-reactive ketones (excluding diaryl/α,β-unsaturated/α-hetero) is 1. The van der Waals surface area contributed by atoms with Crippen LogP contribution in [0.25, 0.3) is 0 Å². The van der Waals surface area contributed by atoms with E-state index in [9.17, 15) is 9.18 Å². The molecule has 0 saturated heterocycles. The number of carbonyl (C=O) groups excluding carboxylic acids is 1. The van der Waals surface area contributed by atoms with Gasteiger partial charge in [-0.1, -0.05) is 23.7 Å². The van der Waals surface area contributed by atoms with Crippen LogP contribution in [0.3, 0.4) is 0 Å². The SMILES string of the molecule is Cc1ccc(C(=O)CF)cc1Cl. The maximum Gasteiger partial charge on any atom is 0.193 e. The highest BCUT2D eigenvalue weighted by Gasteiger charge is 2.05. The third kappa shape index (κ3) is 1.83. The van der Waals surface area contributed by atoms with Crippen molar-refractivity contribution in [2.75, 3.05) is 6.67 Å². The van der Waals surface area contributed by atoms with Crippen LogP contribution in [0.4, 0.5) is 4.39 Å². The molecule has 0 saturated carbocycles. The molecule has 0 spiro atoms. The molecule has 0 radical (unpaired) electrons. The highest BCUT2D eigenvalue weighted by Crippen LogP contribution is 2.16. The van der Waals surface area contributed by atoms with Crippen molar-refractivity contribution in [3.05, 3.63) is 34.3 Å². The lowest BCUT2D eigenvalue weighted by molar-refractivity contribution is 0.0958. The van der Waals surface area contributed by atoms with Crippen molar-refractivity contribution in [1.29, 1.82) is 0 Å². The minimum absolute atomic E-state index is 0.327. The van der Waals surface area contributed by atoms with Gasteiger partial charge in [-0.2, -0.15) is 0 Å². The number of aryl methyl sites for hydroxylation is 1. The molecule has 1 aromatic carbocycles. The Morgan fingerprint density at radius 3 is 2.75 bits per heavy atom. The Hall–Kier alpha value is -0.890. The van der Waals surface area contributed by atoms with E-state index in [0.717, 1.165) is 5.56 Å². The maximum atomic E-state index is 11.9. The summed E-state index contributed by atoms with van der Waals surface area (Å²) in [4.78, 5) is 10.8. The number of carbonyl (C=O) groups is 1. The van der Waals surface area contributed by atoms with Crippen molar-refractivity contribution >= 4 is 17.4 Å². The van der Waals surface area contributed by atoms with Crippen LogP contribution in [0, 0.1) is 6.92 Å². The van der Waals surface area contributed by atoms with Crippen LogP contribution in [0.5, 0.6) is 0 Å². The first-order chi connectivity index (χ1) is 5.65.